The summed E-state index contributed by atoms with van der Waals surface area (Å²) in [5.74, 6) is -0.403. The third kappa shape index (κ3) is 6.05. The summed E-state index contributed by atoms with van der Waals surface area (Å²) >= 11 is 1.27. The number of alkyl carbamates (subject to hydrolysis) is 1. The normalized spacial score (nSPS) is 11.1. The van der Waals surface area contributed by atoms with Crippen LogP contribution in [0.15, 0.2) is 36.0 Å². The number of thiazole rings is 1. The van der Waals surface area contributed by atoms with Gasteiger partial charge in [-0.1, -0.05) is 6.07 Å². The van der Waals surface area contributed by atoms with E-state index in [0.717, 1.165) is 11.4 Å². The Morgan fingerprint density at radius 3 is 2.50 bits per heavy atom. The average Bonchev–Trinajstić information content (AvgIpc) is 3.14. The van der Waals surface area contributed by atoms with Crippen LogP contribution >= 0.6 is 11.3 Å². The lowest BCUT2D eigenvalue weighted by Crippen LogP contribution is -2.37. The van der Waals surface area contributed by atoms with E-state index in [1.807, 2.05) is 31.2 Å². The van der Waals surface area contributed by atoms with E-state index < -0.39 is 17.6 Å². The van der Waals surface area contributed by atoms with Crippen molar-refractivity contribution in [1.29, 1.82) is 0 Å². The molecule has 0 aliphatic heterocycles. The molecule has 0 saturated carbocycles. The van der Waals surface area contributed by atoms with E-state index in [0.29, 0.717) is 22.2 Å². The molecular formula is C20H22N6O3S. The summed E-state index contributed by atoms with van der Waals surface area (Å²) in [6, 6.07) is 7.43. The van der Waals surface area contributed by atoms with Crippen molar-refractivity contribution in [2.45, 2.75) is 33.3 Å². The molecule has 3 aromatic rings. The first-order valence-electron chi connectivity index (χ1n) is 9.18. The van der Waals surface area contributed by atoms with E-state index in [2.05, 4.69) is 30.6 Å². The van der Waals surface area contributed by atoms with Crippen LogP contribution in [0.25, 0.3) is 22.8 Å². The molecule has 3 rings (SSSR count). The van der Waals surface area contributed by atoms with Crippen molar-refractivity contribution in [1.82, 2.24) is 25.3 Å². The molecule has 0 radical (unpaired) electrons. The Labute approximate surface area is 178 Å². The highest BCUT2D eigenvalue weighted by atomic mass is 32.1. The maximum Gasteiger partial charge on any atom is 0.408 e. The highest BCUT2D eigenvalue weighted by molar-refractivity contribution is 7.14. The molecule has 0 bridgehead atoms. The SMILES string of the molecule is Cc1cc(-c2cccc(-c3csc(NC(=O)CNC(=O)OC(C)(C)C)n3)n2)ncn1. The first kappa shape index (κ1) is 21.3. The number of aromatic nitrogens is 4. The second-order valence-electron chi connectivity index (χ2n) is 7.39. The minimum atomic E-state index is -0.654. The zero-order valence-corrected chi connectivity index (χ0v) is 17.9. The summed E-state index contributed by atoms with van der Waals surface area (Å²) in [6.45, 7) is 6.92. The monoisotopic (exact) mass is 426 g/mol. The van der Waals surface area contributed by atoms with Gasteiger partial charge in [0.2, 0.25) is 5.91 Å². The molecule has 0 aliphatic carbocycles. The lowest BCUT2D eigenvalue weighted by molar-refractivity contribution is -0.115. The number of hydrogen-bond acceptors (Lipinski definition) is 8. The predicted molar refractivity (Wildman–Crippen MR) is 114 cm³/mol. The molecule has 10 heteroatoms. The number of carbonyl (C=O) groups excluding carboxylic acids is 2. The molecule has 2 N–H and O–H groups in total. The van der Waals surface area contributed by atoms with Gasteiger partial charge in [-0.15, -0.1) is 11.3 Å². The maximum atomic E-state index is 12.1. The molecule has 0 spiro atoms. The summed E-state index contributed by atoms with van der Waals surface area (Å²) < 4.78 is 5.09. The van der Waals surface area contributed by atoms with Gasteiger partial charge in [-0.3, -0.25) is 4.79 Å². The van der Waals surface area contributed by atoms with Crippen molar-refractivity contribution in [3.05, 3.63) is 41.7 Å². The first-order chi connectivity index (χ1) is 14.2. The molecule has 0 unspecified atom stereocenters. The molecule has 0 aliphatic rings. The number of nitrogens with one attached hydrogen (secondary N) is 2. The van der Waals surface area contributed by atoms with Crippen LogP contribution in [0.5, 0.6) is 0 Å². The van der Waals surface area contributed by atoms with E-state index in [4.69, 9.17) is 4.74 Å². The van der Waals surface area contributed by atoms with Crippen LogP contribution in [0.1, 0.15) is 26.5 Å². The molecule has 9 nitrogen and oxygen atoms in total. The van der Waals surface area contributed by atoms with Gasteiger partial charge in [0, 0.05) is 11.1 Å². The van der Waals surface area contributed by atoms with E-state index in [-0.39, 0.29) is 6.54 Å². The summed E-state index contributed by atoms with van der Waals surface area (Å²) in [5, 5.41) is 7.27. The molecular weight excluding hydrogens is 404 g/mol. The van der Waals surface area contributed by atoms with Gasteiger partial charge in [-0.2, -0.15) is 0 Å². The van der Waals surface area contributed by atoms with Gasteiger partial charge in [0.05, 0.1) is 17.1 Å². The fourth-order valence-electron chi connectivity index (χ4n) is 2.39. The molecule has 2 amide bonds. The summed E-state index contributed by atoms with van der Waals surface area (Å²) in [7, 11) is 0. The maximum absolute atomic E-state index is 12.1. The van der Waals surface area contributed by atoms with E-state index in [9.17, 15) is 9.59 Å². The Hall–Kier alpha value is -3.40. The highest BCUT2D eigenvalue weighted by Gasteiger charge is 2.17. The van der Waals surface area contributed by atoms with Crippen molar-refractivity contribution >= 4 is 28.5 Å². The third-order valence-corrected chi connectivity index (χ3v) is 4.38. The van der Waals surface area contributed by atoms with Crippen LogP contribution in [0, 0.1) is 6.92 Å². The molecule has 0 fully saturated rings. The fraction of sp³-hybridized carbons (Fsp3) is 0.300. The Balaban J connectivity index is 1.63. The number of nitrogens with zero attached hydrogens (tertiary/aromatic N) is 4. The molecule has 0 atom stereocenters. The molecule has 3 aromatic heterocycles. The Bertz CT molecular complexity index is 1060. The lowest BCUT2D eigenvalue weighted by atomic mass is 10.2. The van der Waals surface area contributed by atoms with Gasteiger partial charge < -0.3 is 15.4 Å². The number of amides is 2. The highest BCUT2D eigenvalue weighted by Crippen LogP contribution is 2.25. The minimum absolute atomic E-state index is 0.218. The van der Waals surface area contributed by atoms with Crippen molar-refractivity contribution in [3.63, 3.8) is 0 Å². The zero-order valence-electron chi connectivity index (χ0n) is 17.1. The van der Waals surface area contributed by atoms with Gasteiger partial charge in [-0.05, 0) is 45.9 Å². The third-order valence-electron chi connectivity index (χ3n) is 3.62. The quantitative estimate of drug-likeness (QED) is 0.641. The van der Waals surface area contributed by atoms with E-state index in [1.165, 1.54) is 17.7 Å². The Morgan fingerprint density at radius 2 is 1.80 bits per heavy atom. The number of ether oxygens (including phenoxy) is 1. The van der Waals surface area contributed by atoms with Crippen LogP contribution in [0.4, 0.5) is 9.93 Å². The van der Waals surface area contributed by atoms with Crippen LogP contribution < -0.4 is 10.6 Å². The molecule has 0 aromatic carbocycles. The lowest BCUT2D eigenvalue weighted by Gasteiger charge is -2.19. The van der Waals surface area contributed by atoms with Gasteiger partial charge in [0.25, 0.3) is 0 Å². The number of carbonyl (C=O) groups is 2. The minimum Gasteiger partial charge on any atom is -0.444 e. The number of aryl methyl sites for hydroxylation is 1. The molecule has 0 saturated heterocycles. The van der Waals surface area contributed by atoms with E-state index >= 15 is 0 Å². The first-order valence-corrected chi connectivity index (χ1v) is 10.1. The van der Waals surface area contributed by atoms with Crippen LogP contribution in [0.2, 0.25) is 0 Å². The van der Waals surface area contributed by atoms with Crippen molar-refractivity contribution in [3.8, 4) is 22.8 Å². The summed E-state index contributed by atoms with van der Waals surface area (Å²) in [6.07, 6.45) is 0.847. The second-order valence-corrected chi connectivity index (χ2v) is 8.25. The number of pyridine rings is 1. The summed E-state index contributed by atoms with van der Waals surface area (Å²) in [4.78, 5) is 41.0. The van der Waals surface area contributed by atoms with Crippen LogP contribution in [-0.4, -0.2) is 44.1 Å². The van der Waals surface area contributed by atoms with Crippen molar-refractivity contribution in [2.75, 3.05) is 11.9 Å². The van der Waals surface area contributed by atoms with Crippen LogP contribution in [-0.2, 0) is 9.53 Å². The van der Waals surface area contributed by atoms with Crippen molar-refractivity contribution < 1.29 is 14.3 Å². The van der Waals surface area contributed by atoms with Crippen LogP contribution in [0.3, 0.4) is 0 Å². The molecule has 156 valence electrons. The molecule has 3 heterocycles. The Kier molecular flexibility index (Phi) is 6.36. The van der Waals surface area contributed by atoms with Gasteiger partial charge in [-0.25, -0.2) is 24.7 Å². The van der Waals surface area contributed by atoms with Gasteiger partial charge in [0.1, 0.15) is 24.2 Å². The largest absolute Gasteiger partial charge is 0.444 e. The topological polar surface area (TPSA) is 119 Å². The molecule has 30 heavy (non-hydrogen) atoms. The number of anilines is 1. The van der Waals surface area contributed by atoms with Gasteiger partial charge in [0.15, 0.2) is 5.13 Å². The number of rotatable bonds is 5. The predicted octanol–water partition coefficient (Wildman–Crippen LogP) is 3.43. The van der Waals surface area contributed by atoms with Crippen molar-refractivity contribution in [2.24, 2.45) is 0 Å². The standard InChI is InChI=1S/C20H22N6O3S/c1-12-8-15(23-11-22-12)13-6-5-7-14(24-13)16-10-30-18(25-16)26-17(27)9-21-19(28)29-20(2,3)4/h5-8,10-11H,9H2,1-4H3,(H,21,28)(H,25,26,27). The Morgan fingerprint density at radius 1 is 1.07 bits per heavy atom. The summed E-state index contributed by atoms with van der Waals surface area (Å²) in [5.41, 5.74) is 2.94. The number of hydrogen-bond donors (Lipinski definition) is 2. The van der Waals surface area contributed by atoms with E-state index in [1.54, 1.807) is 26.2 Å². The average molecular weight is 427 g/mol. The second kappa shape index (κ2) is 8.95. The zero-order chi connectivity index (χ0) is 21.7. The van der Waals surface area contributed by atoms with Gasteiger partial charge >= 0.3 is 6.09 Å². The smallest absolute Gasteiger partial charge is 0.408 e. The fourth-order valence-corrected chi connectivity index (χ4v) is 3.11.